The molecule has 1 unspecified atom stereocenters. The summed E-state index contributed by atoms with van der Waals surface area (Å²) in [5, 5.41) is 23.6. The minimum Gasteiger partial charge on any atom is -0.490 e. The lowest BCUT2D eigenvalue weighted by molar-refractivity contribution is -0.360. The summed E-state index contributed by atoms with van der Waals surface area (Å²) < 4.78 is 46.0. The number of benzene rings is 3. The summed E-state index contributed by atoms with van der Waals surface area (Å²) in [7, 11) is 0. The standard InChI is InChI=1S/C50H58BF2N5O5S/c52-51(53)57-40(24-25-41(57)34-42-26-29-46(58(42)51)48-18-13-33-64-48)23-20-38-21-27-44(28-22-38)62-37-50(61)56-32-11-5-6-19-49(60)55-31-10-4-2-1-3-9-30-54-35-43(59)36-63-47-17-12-15-39-14-7-8-16-45(39)47/h7-8,12-18,20-29,33-34,43,54,59H,1-6,9-11,19,30-32,35-37H2,(H,55,60)(H,56,61)/b23-20+. The van der Waals surface area contributed by atoms with E-state index in [9.17, 15) is 14.7 Å². The van der Waals surface area contributed by atoms with Gasteiger partial charge in [-0.15, -0.1) is 11.3 Å². The van der Waals surface area contributed by atoms with Gasteiger partial charge in [0.25, 0.3) is 5.91 Å². The quantitative estimate of drug-likeness (QED) is 0.0326. The number of fused-ring (bicyclic) bond motifs is 3. The molecule has 1 atom stereocenters. The van der Waals surface area contributed by atoms with Gasteiger partial charge in [-0.1, -0.05) is 92.8 Å². The van der Waals surface area contributed by atoms with E-state index in [4.69, 9.17) is 9.47 Å². The number of hydrogen-bond acceptors (Lipinski definition) is 7. The Morgan fingerprint density at radius 3 is 2.30 bits per heavy atom. The number of allylic oxidation sites excluding steroid dienone is 2. The zero-order chi connectivity index (χ0) is 44.6. The van der Waals surface area contributed by atoms with Crippen LogP contribution in [0.3, 0.4) is 0 Å². The number of unbranched alkanes of at least 4 members (excludes halogenated alkanes) is 7. The number of ether oxygens (including phenoxy) is 2. The number of nitrogens with one attached hydrogen (secondary N) is 3. The molecule has 4 N–H and O–H groups in total. The van der Waals surface area contributed by atoms with E-state index < -0.39 is 13.1 Å². The summed E-state index contributed by atoms with van der Waals surface area (Å²) in [6.07, 6.45) is 17.6. The average molecular weight is 890 g/mol. The molecule has 0 radical (unpaired) electrons. The fraction of sp³-hybridized carbons (Fsp3) is 0.340. The van der Waals surface area contributed by atoms with Crippen LogP contribution in [0.1, 0.15) is 86.0 Å². The van der Waals surface area contributed by atoms with Crippen molar-refractivity contribution < 1.29 is 37.3 Å². The van der Waals surface area contributed by atoms with Gasteiger partial charge in [-0.2, -0.15) is 0 Å². The Bertz CT molecular complexity index is 2440. The number of carbonyl (C=O) groups excluding carboxylic acids is 2. The smallest absolute Gasteiger partial charge is 0.490 e. The van der Waals surface area contributed by atoms with Crippen LogP contribution in [0.25, 0.3) is 29.0 Å². The molecule has 0 saturated heterocycles. The van der Waals surface area contributed by atoms with Gasteiger partial charge in [-0.05, 0) is 91.0 Å². The Labute approximate surface area is 378 Å². The Hall–Kier alpha value is -5.83. The highest BCUT2D eigenvalue weighted by molar-refractivity contribution is 7.12. The molecule has 2 aliphatic rings. The molecule has 0 aliphatic carbocycles. The molecule has 0 saturated carbocycles. The van der Waals surface area contributed by atoms with Gasteiger partial charge in [0.2, 0.25) is 5.91 Å². The average Bonchev–Trinajstić information content (AvgIpc) is 4.09. The molecule has 5 aromatic rings. The van der Waals surface area contributed by atoms with Gasteiger partial charge >= 0.3 is 6.97 Å². The van der Waals surface area contributed by atoms with Gasteiger partial charge in [0.1, 0.15) is 24.2 Å². The number of thiophene rings is 1. The highest BCUT2D eigenvalue weighted by Gasteiger charge is 2.52. The van der Waals surface area contributed by atoms with Crippen molar-refractivity contribution in [3.63, 3.8) is 0 Å². The lowest BCUT2D eigenvalue weighted by atomic mass is 9.90. The number of carbonyl (C=O) groups is 2. The molecule has 336 valence electrons. The second-order valence-electron chi connectivity index (χ2n) is 16.2. The molecule has 10 nitrogen and oxygen atoms in total. The Balaban J connectivity index is 0.671. The van der Waals surface area contributed by atoms with Gasteiger partial charge in [0, 0.05) is 61.1 Å². The fourth-order valence-electron chi connectivity index (χ4n) is 8.02. The second kappa shape index (κ2) is 23.2. The highest BCUT2D eigenvalue weighted by atomic mass is 32.1. The predicted molar refractivity (Wildman–Crippen MR) is 255 cm³/mol. The van der Waals surface area contributed by atoms with Gasteiger partial charge in [0.05, 0.1) is 4.88 Å². The van der Waals surface area contributed by atoms with Gasteiger partial charge in [0.15, 0.2) is 18.0 Å². The number of amides is 2. The van der Waals surface area contributed by atoms with Gasteiger partial charge in [-0.25, -0.2) is 0 Å². The zero-order valence-electron chi connectivity index (χ0n) is 36.2. The maximum Gasteiger partial charge on any atom is 0.737 e. The van der Waals surface area contributed by atoms with Crippen molar-refractivity contribution in [2.45, 2.75) is 70.3 Å². The molecule has 2 amide bonds. The molecule has 4 heterocycles. The van der Waals surface area contributed by atoms with E-state index in [1.807, 2.05) is 72.1 Å². The molecular formula is C50H58BF2N5O5S. The molecule has 2 aliphatic heterocycles. The van der Waals surface area contributed by atoms with Crippen LogP contribution >= 0.6 is 11.3 Å². The Kier molecular flexibility index (Phi) is 16.7. The number of aliphatic hydroxyl groups excluding tert-OH is 1. The maximum atomic E-state index is 16.1. The Morgan fingerprint density at radius 1 is 0.766 bits per heavy atom. The fourth-order valence-corrected chi connectivity index (χ4v) is 8.77. The Morgan fingerprint density at radius 2 is 1.50 bits per heavy atom. The van der Waals surface area contributed by atoms with Crippen LogP contribution in [-0.4, -0.2) is 84.1 Å². The van der Waals surface area contributed by atoms with E-state index in [2.05, 4.69) is 16.0 Å². The SMILES string of the molecule is O=C(CCCCCNC(=O)COc1ccc(/C=C/c2ccc3n2[B-](F)(F)[N+]2=C(c4cccs4)C=CC2=C3)cc1)NCCCCCCCCNCC(O)COc1cccc2ccccc12. The maximum absolute atomic E-state index is 16.1. The summed E-state index contributed by atoms with van der Waals surface area (Å²) in [4.78, 5) is 25.4. The van der Waals surface area contributed by atoms with E-state index >= 15 is 8.63 Å². The van der Waals surface area contributed by atoms with Gasteiger partial charge in [-0.3, -0.25) is 9.59 Å². The molecular weight excluding hydrogens is 831 g/mol. The van der Waals surface area contributed by atoms with Crippen molar-refractivity contribution >= 4 is 64.8 Å². The first-order chi connectivity index (χ1) is 31.3. The third-order valence-electron chi connectivity index (χ3n) is 11.4. The second-order valence-corrected chi connectivity index (χ2v) is 17.2. The lowest BCUT2D eigenvalue weighted by Gasteiger charge is -2.30. The molecule has 0 bridgehead atoms. The zero-order valence-corrected chi connectivity index (χ0v) is 37.0. The van der Waals surface area contributed by atoms with E-state index in [1.165, 1.54) is 11.3 Å². The minimum absolute atomic E-state index is 0.0684. The number of rotatable bonds is 26. The number of halogens is 2. The first-order valence-electron chi connectivity index (χ1n) is 22.5. The first kappa shape index (κ1) is 46.2. The van der Waals surface area contributed by atoms with E-state index in [1.54, 1.807) is 54.6 Å². The third kappa shape index (κ3) is 12.7. The summed E-state index contributed by atoms with van der Waals surface area (Å²) in [6, 6.07) is 28.3. The molecule has 0 spiro atoms. The van der Waals surface area contributed by atoms with Crippen molar-refractivity contribution in [3.8, 4) is 11.5 Å². The first-order valence-corrected chi connectivity index (χ1v) is 23.4. The van der Waals surface area contributed by atoms with Crippen LogP contribution in [-0.2, 0) is 9.59 Å². The van der Waals surface area contributed by atoms with Crippen LogP contribution in [0.4, 0.5) is 8.63 Å². The van der Waals surface area contributed by atoms with E-state index in [0.717, 1.165) is 100 Å². The number of aliphatic hydroxyl groups is 1. The van der Waals surface area contributed by atoms with Crippen molar-refractivity contribution in [3.05, 3.63) is 136 Å². The summed E-state index contributed by atoms with van der Waals surface area (Å²) in [5.41, 5.74) is 2.65. The lowest BCUT2D eigenvalue weighted by Crippen LogP contribution is -2.50. The van der Waals surface area contributed by atoms with Crippen LogP contribution < -0.4 is 25.4 Å². The number of aromatic nitrogens is 1. The molecule has 7 rings (SSSR count). The van der Waals surface area contributed by atoms with Gasteiger partial charge < -0.3 is 48.1 Å². The van der Waals surface area contributed by atoms with E-state index in [-0.39, 0.29) is 25.0 Å². The normalized spacial score (nSPS) is 14.4. The molecule has 64 heavy (non-hydrogen) atoms. The predicted octanol–water partition coefficient (Wildman–Crippen LogP) is 9.06. The van der Waals surface area contributed by atoms with Crippen LogP contribution in [0.2, 0.25) is 0 Å². The molecule has 14 heteroatoms. The summed E-state index contributed by atoms with van der Waals surface area (Å²) >= 11 is 1.44. The van der Waals surface area contributed by atoms with Crippen LogP contribution in [0.5, 0.6) is 11.5 Å². The van der Waals surface area contributed by atoms with E-state index in [0.29, 0.717) is 54.6 Å². The summed E-state index contributed by atoms with van der Waals surface area (Å²) in [6.45, 7) is -1.42. The largest absolute Gasteiger partial charge is 0.737 e. The van der Waals surface area contributed by atoms with Crippen molar-refractivity contribution in [1.82, 2.24) is 20.4 Å². The molecule has 0 fully saturated rings. The molecule has 2 aromatic heterocycles. The molecule has 3 aromatic carbocycles. The topological polar surface area (TPSA) is 117 Å². The summed E-state index contributed by atoms with van der Waals surface area (Å²) in [5.74, 6) is 1.16. The third-order valence-corrected chi connectivity index (χ3v) is 12.3. The minimum atomic E-state index is -4.11. The van der Waals surface area contributed by atoms with Crippen molar-refractivity contribution in [2.75, 3.05) is 39.4 Å². The van der Waals surface area contributed by atoms with Crippen LogP contribution in [0.15, 0.2) is 114 Å². The number of nitrogens with zero attached hydrogens (tertiary/aromatic N) is 2. The number of hydrogen-bond donors (Lipinski definition) is 4. The highest BCUT2D eigenvalue weighted by Crippen LogP contribution is 2.35. The monoisotopic (exact) mass is 889 g/mol. The van der Waals surface area contributed by atoms with Crippen LogP contribution in [0, 0.1) is 0 Å². The van der Waals surface area contributed by atoms with Crippen molar-refractivity contribution in [2.24, 2.45) is 0 Å². The van der Waals surface area contributed by atoms with Crippen molar-refractivity contribution in [1.29, 1.82) is 0 Å².